The molecule has 0 radical (unpaired) electrons. The highest BCUT2D eigenvalue weighted by molar-refractivity contribution is 5.30. The van der Waals surface area contributed by atoms with E-state index in [1.165, 1.54) is 44.1 Å². The highest BCUT2D eigenvalue weighted by atomic mass is 16.5. The van der Waals surface area contributed by atoms with Gasteiger partial charge >= 0.3 is 0 Å². The van der Waals surface area contributed by atoms with Crippen molar-refractivity contribution in [3.05, 3.63) is 29.8 Å². The molecule has 0 saturated heterocycles. The van der Waals surface area contributed by atoms with Gasteiger partial charge in [-0.1, -0.05) is 44.2 Å². The van der Waals surface area contributed by atoms with Crippen molar-refractivity contribution in [1.82, 2.24) is 4.90 Å². The molecule has 2 heteroatoms. The highest BCUT2D eigenvalue weighted by Gasteiger charge is 2.21. The highest BCUT2D eigenvalue weighted by Crippen LogP contribution is 2.34. The fourth-order valence-corrected chi connectivity index (χ4v) is 3.23. The van der Waals surface area contributed by atoms with Crippen LogP contribution in [0, 0.1) is 5.92 Å². The van der Waals surface area contributed by atoms with Crippen LogP contribution in [-0.4, -0.2) is 26.1 Å². The molecule has 1 aliphatic rings. The summed E-state index contributed by atoms with van der Waals surface area (Å²) in [6.07, 6.45) is 8.37. The molecule has 0 aliphatic heterocycles. The van der Waals surface area contributed by atoms with E-state index in [0.29, 0.717) is 6.04 Å². The normalized spacial score (nSPS) is 18.5. The van der Waals surface area contributed by atoms with Crippen molar-refractivity contribution in [1.29, 1.82) is 0 Å². The average molecular weight is 261 g/mol. The third kappa shape index (κ3) is 3.97. The zero-order valence-corrected chi connectivity index (χ0v) is 12.6. The SMILES string of the molecule is COc1cccc(C(CC2CCCCC2)N(C)C)c1. The molecule has 2 rings (SSSR count). The molecule has 0 aromatic heterocycles. The van der Waals surface area contributed by atoms with Crippen molar-refractivity contribution in [2.45, 2.75) is 44.6 Å². The number of hydrogen-bond acceptors (Lipinski definition) is 2. The van der Waals surface area contributed by atoms with E-state index in [0.717, 1.165) is 11.7 Å². The molecule has 1 aromatic carbocycles. The van der Waals surface area contributed by atoms with Crippen LogP contribution in [0.5, 0.6) is 5.75 Å². The lowest BCUT2D eigenvalue weighted by Gasteiger charge is -2.31. The Hall–Kier alpha value is -1.02. The summed E-state index contributed by atoms with van der Waals surface area (Å²) in [5.41, 5.74) is 1.38. The average Bonchev–Trinajstić information content (AvgIpc) is 2.45. The van der Waals surface area contributed by atoms with Gasteiger partial charge < -0.3 is 9.64 Å². The van der Waals surface area contributed by atoms with Gasteiger partial charge in [0.1, 0.15) is 5.75 Å². The maximum atomic E-state index is 5.36. The molecular weight excluding hydrogens is 234 g/mol. The van der Waals surface area contributed by atoms with Crippen LogP contribution in [-0.2, 0) is 0 Å². The summed E-state index contributed by atoms with van der Waals surface area (Å²) in [4.78, 5) is 2.35. The van der Waals surface area contributed by atoms with E-state index in [1.54, 1.807) is 7.11 Å². The van der Waals surface area contributed by atoms with Gasteiger partial charge in [-0.2, -0.15) is 0 Å². The minimum atomic E-state index is 0.512. The number of benzene rings is 1. The van der Waals surface area contributed by atoms with Gasteiger partial charge in [-0.25, -0.2) is 0 Å². The Bertz CT molecular complexity index is 383. The van der Waals surface area contributed by atoms with Crippen molar-refractivity contribution < 1.29 is 4.74 Å². The molecule has 0 bridgehead atoms. The number of rotatable bonds is 5. The van der Waals surface area contributed by atoms with Crippen molar-refractivity contribution >= 4 is 0 Å². The molecule has 1 unspecified atom stereocenters. The summed E-state index contributed by atoms with van der Waals surface area (Å²) in [5.74, 6) is 1.86. The molecule has 0 amide bonds. The number of ether oxygens (including phenoxy) is 1. The summed E-state index contributed by atoms with van der Waals surface area (Å²) in [6.45, 7) is 0. The molecule has 1 saturated carbocycles. The fourth-order valence-electron chi connectivity index (χ4n) is 3.23. The number of methoxy groups -OCH3 is 1. The van der Waals surface area contributed by atoms with Gasteiger partial charge in [0.25, 0.3) is 0 Å². The maximum absolute atomic E-state index is 5.36. The second-order valence-corrected chi connectivity index (χ2v) is 6.00. The molecule has 1 atom stereocenters. The van der Waals surface area contributed by atoms with E-state index >= 15 is 0 Å². The topological polar surface area (TPSA) is 12.5 Å². The number of hydrogen-bond donors (Lipinski definition) is 0. The Labute approximate surface area is 117 Å². The van der Waals surface area contributed by atoms with Crippen molar-refractivity contribution in [3.63, 3.8) is 0 Å². The van der Waals surface area contributed by atoms with Gasteiger partial charge in [0.15, 0.2) is 0 Å². The minimum Gasteiger partial charge on any atom is -0.497 e. The van der Waals surface area contributed by atoms with Crippen LogP contribution in [0.2, 0.25) is 0 Å². The lowest BCUT2D eigenvalue weighted by atomic mass is 9.83. The lowest BCUT2D eigenvalue weighted by Crippen LogP contribution is -2.23. The van der Waals surface area contributed by atoms with E-state index in [2.05, 4.69) is 37.2 Å². The Morgan fingerprint density at radius 2 is 1.95 bits per heavy atom. The van der Waals surface area contributed by atoms with Crippen molar-refractivity contribution in [2.24, 2.45) is 5.92 Å². The van der Waals surface area contributed by atoms with E-state index in [4.69, 9.17) is 4.74 Å². The van der Waals surface area contributed by atoms with Crippen molar-refractivity contribution in [2.75, 3.05) is 21.2 Å². The van der Waals surface area contributed by atoms with Crippen molar-refractivity contribution in [3.8, 4) is 5.75 Å². The third-order valence-electron chi connectivity index (χ3n) is 4.38. The Balaban J connectivity index is 2.09. The predicted octanol–water partition coefficient (Wildman–Crippen LogP) is 4.27. The minimum absolute atomic E-state index is 0.512. The largest absolute Gasteiger partial charge is 0.497 e. The third-order valence-corrected chi connectivity index (χ3v) is 4.38. The number of nitrogens with zero attached hydrogens (tertiary/aromatic N) is 1. The van der Waals surface area contributed by atoms with Crippen LogP contribution >= 0.6 is 0 Å². The first-order chi connectivity index (χ1) is 9.20. The van der Waals surface area contributed by atoms with Crippen LogP contribution in [0.25, 0.3) is 0 Å². The van der Waals surface area contributed by atoms with E-state index in [1.807, 2.05) is 6.07 Å². The first-order valence-electron chi connectivity index (χ1n) is 7.51. The second-order valence-electron chi connectivity index (χ2n) is 6.00. The van der Waals surface area contributed by atoms with Crippen LogP contribution in [0.15, 0.2) is 24.3 Å². The van der Waals surface area contributed by atoms with E-state index in [-0.39, 0.29) is 0 Å². The van der Waals surface area contributed by atoms with Gasteiger partial charge in [0.05, 0.1) is 7.11 Å². The molecule has 1 aliphatic carbocycles. The fraction of sp³-hybridized carbons (Fsp3) is 0.647. The molecular formula is C17H27NO. The molecule has 1 aromatic rings. The van der Waals surface area contributed by atoms with Gasteiger partial charge in [0, 0.05) is 6.04 Å². The maximum Gasteiger partial charge on any atom is 0.119 e. The lowest BCUT2D eigenvalue weighted by molar-refractivity contribution is 0.218. The molecule has 0 N–H and O–H groups in total. The van der Waals surface area contributed by atoms with Gasteiger partial charge in [-0.15, -0.1) is 0 Å². The Morgan fingerprint density at radius 1 is 1.21 bits per heavy atom. The standard InChI is InChI=1S/C17H27NO/c1-18(2)17(12-14-8-5-4-6-9-14)15-10-7-11-16(13-15)19-3/h7,10-11,13-14,17H,4-6,8-9,12H2,1-3H3. The molecule has 19 heavy (non-hydrogen) atoms. The zero-order valence-electron chi connectivity index (χ0n) is 12.6. The first-order valence-corrected chi connectivity index (χ1v) is 7.51. The van der Waals surface area contributed by atoms with Crippen LogP contribution < -0.4 is 4.74 Å². The summed E-state index contributed by atoms with van der Waals surface area (Å²) in [6, 6.07) is 9.06. The molecule has 1 fully saturated rings. The zero-order chi connectivity index (χ0) is 13.7. The van der Waals surface area contributed by atoms with Crippen LogP contribution in [0.4, 0.5) is 0 Å². The van der Waals surface area contributed by atoms with E-state index in [9.17, 15) is 0 Å². The van der Waals surface area contributed by atoms with Gasteiger partial charge in [0.2, 0.25) is 0 Å². The first kappa shape index (κ1) is 14.4. The van der Waals surface area contributed by atoms with Crippen LogP contribution in [0.3, 0.4) is 0 Å². The predicted molar refractivity (Wildman–Crippen MR) is 80.6 cm³/mol. The Morgan fingerprint density at radius 3 is 2.58 bits per heavy atom. The van der Waals surface area contributed by atoms with E-state index < -0.39 is 0 Å². The summed E-state index contributed by atoms with van der Waals surface area (Å²) >= 11 is 0. The summed E-state index contributed by atoms with van der Waals surface area (Å²) in [5, 5.41) is 0. The van der Waals surface area contributed by atoms with Crippen LogP contribution in [0.1, 0.15) is 50.1 Å². The van der Waals surface area contributed by atoms with Gasteiger partial charge in [-0.3, -0.25) is 0 Å². The molecule has 0 spiro atoms. The molecule has 106 valence electrons. The molecule has 0 heterocycles. The Kier molecular flexibility index (Phi) is 5.26. The summed E-state index contributed by atoms with van der Waals surface area (Å²) in [7, 11) is 6.12. The second kappa shape index (κ2) is 6.95. The smallest absolute Gasteiger partial charge is 0.119 e. The quantitative estimate of drug-likeness (QED) is 0.785. The van der Waals surface area contributed by atoms with Gasteiger partial charge in [-0.05, 0) is 44.1 Å². The monoisotopic (exact) mass is 261 g/mol. The molecule has 2 nitrogen and oxygen atoms in total. The summed E-state index contributed by atoms with van der Waals surface area (Å²) < 4.78 is 5.36.